The first-order valence-electron chi connectivity index (χ1n) is 22.5. The average Bonchev–Trinajstić information content (AvgIpc) is 3.34. The van der Waals surface area contributed by atoms with Gasteiger partial charge in [0.1, 0.15) is 60.0 Å². The lowest BCUT2D eigenvalue weighted by Crippen LogP contribution is -2.91. The number of alkyl halides is 6. The molecule has 3 saturated heterocycles. The summed E-state index contributed by atoms with van der Waals surface area (Å²) < 4.78 is 106. The monoisotopic (exact) mass is 1210 g/mol. The van der Waals surface area contributed by atoms with Crippen LogP contribution in [0, 0.1) is 17.8 Å². The van der Waals surface area contributed by atoms with Gasteiger partial charge in [0.2, 0.25) is 6.17 Å². The number of rotatable bonds is 21. The van der Waals surface area contributed by atoms with Crippen LogP contribution in [0.25, 0.3) is 0 Å². The van der Waals surface area contributed by atoms with Crippen molar-refractivity contribution >= 4 is 47.2 Å². The second kappa shape index (κ2) is 38.0. The van der Waals surface area contributed by atoms with Crippen molar-refractivity contribution in [2.45, 2.75) is 193 Å². The minimum Gasteiger partial charge on any atom is -0.477 e. The summed E-state index contributed by atoms with van der Waals surface area (Å²) >= 11 is 0. The summed E-state index contributed by atoms with van der Waals surface area (Å²) in [7, 11) is 1.00. The number of nitrogens with zero attached hydrogens (tertiary/aromatic N) is 1. The van der Waals surface area contributed by atoms with Crippen LogP contribution in [-0.2, 0) is 47.7 Å². The number of aliphatic imine (C=N–C) groups is 1. The van der Waals surface area contributed by atoms with Crippen LogP contribution in [0.5, 0.6) is 0 Å². The van der Waals surface area contributed by atoms with Crippen LogP contribution in [0.4, 0.5) is 26.3 Å². The van der Waals surface area contributed by atoms with Crippen molar-refractivity contribution in [2.24, 2.45) is 51.4 Å². The number of esters is 1. The Morgan fingerprint density at radius 1 is 0.580 bits per heavy atom. The van der Waals surface area contributed by atoms with E-state index in [2.05, 4.69) is 24.2 Å². The van der Waals surface area contributed by atoms with Gasteiger partial charge in [-0.25, -0.2) is 32.5 Å². The van der Waals surface area contributed by atoms with Crippen molar-refractivity contribution < 1.29 is 140 Å². The lowest BCUT2D eigenvalue weighted by Gasteiger charge is -2.45. The molecule has 0 aliphatic carbocycles. The summed E-state index contributed by atoms with van der Waals surface area (Å²) in [5.74, 6) is -24.4. The number of hydrogen-bond donors (Lipinski definition) is 18. The quantitative estimate of drug-likeness (QED) is 0.0220. The molecule has 29 nitrogen and oxygen atoms in total. The minimum absolute atomic E-state index is 0. The number of halogens is 6. The Balaban J connectivity index is -0.000000250. The van der Waals surface area contributed by atoms with Crippen molar-refractivity contribution in [1.82, 2.24) is 0 Å². The van der Waals surface area contributed by atoms with E-state index in [1.807, 2.05) is 0 Å². The Morgan fingerprint density at radius 2 is 0.901 bits per heavy atom. The van der Waals surface area contributed by atoms with E-state index in [0.717, 1.165) is 27.9 Å². The van der Waals surface area contributed by atoms with E-state index in [9.17, 15) is 81.4 Å². The number of aliphatic hydroxyl groups excluding tert-OH is 10. The summed E-state index contributed by atoms with van der Waals surface area (Å²) in [6, 6.07) is -5.31. The zero-order valence-corrected chi connectivity index (χ0v) is 41.4. The Hall–Kier alpha value is -5.02. The molecule has 3 aliphatic rings. The molecule has 0 saturated carbocycles. The van der Waals surface area contributed by atoms with Gasteiger partial charge in [-0.3, -0.25) is 16.5 Å². The number of nitrogens with one attached hydrogen (secondary N) is 1. The molecule has 0 spiro atoms. The van der Waals surface area contributed by atoms with Crippen LogP contribution < -0.4 is 33.7 Å². The maximum Gasteiger partial charge on any atom is 0.375 e. The zero-order chi connectivity index (χ0) is 59.7. The van der Waals surface area contributed by atoms with Crippen molar-refractivity contribution in [1.29, 1.82) is 0 Å². The summed E-state index contributed by atoms with van der Waals surface area (Å²) in [6.07, 6.45) is -26.6. The van der Waals surface area contributed by atoms with Crippen molar-refractivity contribution in [3.63, 3.8) is 0 Å². The number of aliphatic hydroxyl groups is 10. The molecule has 81 heavy (non-hydrogen) atoms. The molecule has 0 aromatic heterocycles. The highest BCUT2D eigenvalue weighted by Gasteiger charge is 2.66. The molecule has 3 rings (SSSR count). The van der Waals surface area contributed by atoms with E-state index in [4.69, 9.17) is 64.0 Å². The highest BCUT2D eigenvalue weighted by atomic mass is 19.2. The third kappa shape index (κ3) is 21.9. The fourth-order valence-corrected chi connectivity index (χ4v) is 8.13. The maximum absolute atomic E-state index is 15.2. The van der Waals surface area contributed by atoms with Crippen LogP contribution in [0.2, 0.25) is 0 Å². The number of nitrogens with two attached hydrogens (primary N) is 5. The van der Waals surface area contributed by atoms with E-state index >= 15 is 4.39 Å². The number of carbonyl (C=O) groups excluding carboxylic acids is 4. The molecule has 21 atom stereocenters. The van der Waals surface area contributed by atoms with E-state index in [0.29, 0.717) is 0 Å². The molecule has 0 aromatic rings. The summed E-state index contributed by atoms with van der Waals surface area (Å²) in [6.45, 7) is 1.64. The van der Waals surface area contributed by atoms with E-state index in [-0.39, 0.29) is 43.7 Å². The number of aliphatic carboxylic acids is 2. The number of carbonyl (C=O) groups is 6. The highest BCUT2D eigenvalue weighted by Crippen LogP contribution is 2.43. The molecular formula is C46H90F6N7O22+. The molecule has 0 radical (unpaired) electrons. The molecule has 6 unspecified atom stereocenters. The third-order valence-electron chi connectivity index (χ3n) is 11.7. The SMILES string of the molecule is C.C.C.C.C.CC(=O)C[C@H]1C([C@H](O)[C@H](O)CO)O[C@@](F)(C(=O)O)C(F)[C@H]1N.CC(=O)C[C@H]1C([C@H](O)[C@H](O)CO)O[C@@](F)(C(=O)O)C(F)[C@H]1N=C(N)N.CCOC(=O)[C@]1(F)OC([C@H](O)[C@H](O)CO)[C@H](CC(C)=O)[C@H]([NH+]=C(N)N)C1F.CO. The fraction of sp³-hybridized carbons (Fsp3) is 0.826. The largest absolute Gasteiger partial charge is 0.477 e. The van der Waals surface area contributed by atoms with Gasteiger partial charge < -0.3 is 112 Å². The van der Waals surface area contributed by atoms with Crippen molar-refractivity contribution in [3.8, 4) is 0 Å². The maximum atomic E-state index is 15.2. The summed E-state index contributed by atoms with van der Waals surface area (Å²) in [5, 5.41) is 110. The van der Waals surface area contributed by atoms with Gasteiger partial charge in [0.25, 0.3) is 0 Å². The van der Waals surface area contributed by atoms with Gasteiger partial charge in [0.05, 0.1) is 50.8 Å². The Morgan fingerprint density at radius 3 is 1.22 bits per heavy atom. The Labute approximate surface area is 465 Å². The number of Topliss-reactive ketones (excluding diaryl/α,β-unsaturated/α-hetero) is 3. The van der Waals surface area contributed by atoms with Crippen molar-refractivity contribution in [3.05, 3.63) is 0 Å². The van der Waals surface area contributed by atoms with Crippen LogP contribution in [0.15, 0.2) is 4.99 Å². The molecular weight excluding hydrogens is 1120 g/mol. The molecule has 3 fully saturated rings. The predicted octanol–water partition coefficient (Wildman–Crippen LogP) is -5.69. The molecule has 0 aromatic carbocycles. The van der Waals surface area contributed by atoms with Gasteiger partial charge in [-0.2, -0.15) is 13.2 Å². The number of ether oxygens (including phenoxy) is 4. The smallest absolute Gasteiger partial charge is 0.375 e. The number of guanidine groups is 2. The van der Waals surface area contributed by atoms with Crippen molar-refractivity contribution in [2.75, 3.05) is 33.5 Å². The van der Waals surface area contributed by atoms with Gasteiger partial charge in [0.15, 0.2) is 18.3 Å². The zero-order valence-electron chi connectivity index (χ0n) is 41.4. The average molecular weight is 1210 g/mol. The first-order valence-corrected chi connectivity index (χ1v) is 22.5. The van der Waals surface area contributed by atoms with Gasteiger partial charge in [-0.15, -0.1) is 0 Å². The van der Waals surface area contributed by atoms with Crippen LogP contribution in [-0.4, -0.2) is 251 Å². The lowest BCUT2D eigenvalue weighted by atomic mass is 9.78. The number of hydrogen-bond acceptors (Lipinski definition) is 22. The van der Waals surface area contributed by atoms with Gasteiger partial charge in [-0.1, -0.05) is 37.1 Å². The predicted molar refractivity (Wildman–Crippen MR) is 274 cm³/mol. The molecule has 0 bridgehead atoms. The van der Waals surface area contributed by atoms with Gasteiger partial charge in [-0.05, 0) is 27.7 Å². The van der Waals surface area contributed by atoms with E-state index in [1.54, 1.807) is 0 Å². The third-order valence-corrected chi connectivity index (χ3v) is 11.7. The Bertz CT molecular complexity index is 1990. The first kappa shape index (κ1) is 87.2. The molecule has 3 heterocycles. The van der Waals surface area contributed by atoms with Gasteiger partial charge in [0, 0.05) is 50.2 Å². The summed E-state index contributed by atoms with van der Waals surface area (Å²) in [5.41, 5.74) is 26.4. The van der Waals surface area contributed by atoms with E-state index in [1.165, 1.54) is 6.92 Å². The second-order valence-electron chi connectivity index (χ2n) is 17.4. The minimum atomic E-state index is -3.93. The molecule has 482 valence electrons. The Kier molecular flexibility index (Phi) is 40.9. The number of ketones is 3. The molecule has 3 aliphatic heterocycles. The molecule has 0 amide bonds. The van der Waals surface area contributed by atoms with E-state index < -0.39 is 213 Å². The van der Waals surface area contributed by atoms with Crippen LogP contribution in [0.1, 0.15) is 84.1 Å². The lowest BCUT2D eigenvalue weighted by molar-refractivity contribution is -0.549. The fourth-order valence-electron chi connectivity index (χ4n) is 8.13. The van der Waals surface area contributed by atoms with Crippen LogP contribution in [0.3, 0.4) is 0 Å². The summed E-state index contributed by atoms with van der Waals surface area (Å²) in [4.78, 5) is 74.0. The number of carboxylic acids is 2. The van der Waals surface area contributed by atoms with Gasteiger partial charge >= 0.3 is 41.4 Å². The molecule has 23 N–H and O–H groups in total. The highest BCUT2D eigenvalue weighted by molar-refractivity contribution is 5.81. The normalized spacial score (nSPS) is 32.2. The molecule has 35 heteroatoms. The topological polar surface area (TPSA) is 539 Å². The number of carboxylic acid groups (broad SMARTS) is 2. The first-order chi connectivity index (χ1) is 35.0. The van der Waals surface area contributed by atoms with Crippen LogP contribution >= 0.6 is 0 Å². The second-order valence-corrected chi connectivity index (χ2v) is 17.4. The standard InChI is InChI=1S/C15H25F2N3O7.C13H21F2N3O7.C12H19F2NO7.CH4O.5CH4/c1-3-26-13(25)15(17)12(16)9(20-14(18)19)7(4-6(2)22)11(27-15)10(24)8(23)5-21;1-4(20)2-5-7(18-12(16)17)10(14)13(15,11(23)24)25-9(5)8(22)6(21)3-19;1-4(17)2-5-7(15)10(13)12(14,11(20)21)22-9(5)8(19)6(18)3-16;1-2;;;;;/h7-12,21,23-24H,3-5H2,1-2H3,(H4,18,19,20);5-10,19,21-22H,2-3H2,1H3,(H,23,24)(H4,16,17,18);5-10,16,18-19H,2-3,15H2,1H3,(H,20,21);2H,1H3;5*1H4/p+1/t7-,8-,9+,10-,11?,12?,15-;5-,6-,7+,8-,9?,10?,13-;5-,6-,7+,8-,9?,10?,12-;;;;;;/m111....../s1.